The van der Waals surface area contributed by atoms with Crippen LogP contribution in [0, 0.1) is 0 Å². The number of hydrogen-bond acceptors (Lipinski definition) is 3. The van der Waals surface area contributed by atoms with E-state index in [1.165, 1.54) is 6.07 Å². The molecule has 0 saturated carbocycles. The quantitative estimate of drug-likeness (QED) is 0.516. The van der Waals surface area contributed by atoms with Gasteiger partial charge in [-0.15, -0.1) is 0 Å². The van der Waals surface area contributed by atoms with E-state index in [2.05, 4.69) is 19.6 Å². The number of phenols is 2. The topological polar surface area (TPSA) is 40.5 Å². The van der Waals surface area contributed by atoms with Gasteiger partial charge >= 0.3 is 0 Å². The van der Waals surface area contributed by atoms with Gasteiger partial charge < -0.3 is 10.2 Å². The lowest BCUT2D eigenvalue weighted by Gasteiger charge is -2.11. The van der Waals surface area contributed by atoms with Gasteiger partial charge in [-0.2, -0.15) is 12.6 Å². The standard InChI is InChI=1S/C10H14O2S/c1-2-4-9(13)7-5-3-6-8(11)10(7)12/h3,5-6,9,11-13H,2,4H2,1H3. The fourth-order valence-electron chi connectivity index (χ4n) is 1.25. The van der Waals surface area contributed by atoms with Crippen molar-refractivity contribution in [2.75, 3.05) is 0 Å². The first-order valence-electron chi connectivity index (χ1n) is 4.35. The molecule has 2 N–H and O–H groups in total. The van der Waals surface area contributed by atoms with Gasteiger partial charge in [0.1, 0.15) is 0 Å². The van der Waals surface area contributed by atoms with Gasteiger partial charge in [-0.3, -0.25) is 0 Å². The van der Waals surface area contributed by atoms with E-state index in [4.69, 9.17) is 0 Å². The van der Waals surface area contributed by atoms with Crippen molar-refractivity contribution in [3.8, 4) is 11.5 Å². The predicted molar refractivity (Wildman–Crippen MR) is 56.4 cm³/mol. The number of para-hydroxylation sites is 1. The molecule has 0 saturated heterocycles. The average Bonchev–Trinajstić information content (AvgIpc) is 2.10. The summed E-state index contributed by atoms with van der Waals surface area (Å²) < 4.78 is 0. The summed E-state index contributed by atoms with van der Waals surface area (Å²) in [6, 6.07) is 4.96. The van der Waals surface area contributed by atoms with Crippen molar-refractivity contribution in [1.82, 2.24) is 0 Å². The van der Waals surface area contributed by atoms with Crippen molar-refractivity contribution in [3.63, 3.8) is 0 Å². The molecule has 0 spiro atoms. The molecule has 1 aromatic carbocycles. The Morgan fingerprint density at radius 3 is 2.69 bits per heavy atom. The lowest BCUT2D eigenvalue weighted by Crippen LogP contribution is -1.90. The van der Waals surface area contributed by atoms with Gasteiger partial charge in [0.05, 0.1) is 0 Å². The second kappa shape index (κ2) is 4.42. The number of rotatable bonds is 3. The SMILES string of the molecule is CCCC(S)c1cccc(O)c1O. The molecule has 0 heterocycles. The summed E-state index contributed by atoms with van der Waals surface area (Å²) >= 11 is 4.35. The maximum Gasteiger partial charge on any atom is 0.161 e. The van der Waals surface area contributed by atoms with Gasteiger partial charge in [0.25, 0.3) is 0 Å². The van der Waals surface area contributed by atoms with Crippen LogP contribution in [0.4, 0.5) is 0 Å². The van der Waals surface area contributed by atoms with Crippen LogP contribution in [-0.2, 0) is 0 Å². The summed E-state index contributed by atoms with van der Waals surface area (Å²) in [6.45, 7) is 2.06. The van der Waals surface area contributed by atoms with Gasteiger partial charge in [-0.25, -0.2) is 0 Å². The molecule has 13 heavy (non-hydrogen) atoms. The van der Waals surface area contributed by atoms with E-state index in [9.17, 15) is 10.2 Å². The van der Waals surface area contributed by atoms with Crippen molar-refractivity contribution < 1.29 is 10.2 Å². The second-order valence-corrected chi connectivity index (χ2v) is 3.64. The summed E-state index contributed by atoms with van der Waals surface area (Å²) in [6.07, 6.45) is 1.89. The summed E-state index contributed by atoms with van der Waals surface area (Å²) in [5.41, 5.74) is 0.699. The van der Waals surface area contributed by atoms with E-state index < -0.39 is 0 Å². The average molecular weight is 198 g/mol. The Bertz CT molecular complexity index is 286. The number of hydrogen-bond donors (Lipinski definition) is 3. The molecule has 1 atom stereocenters. The summed E-state index contributed by atoms with van der Waals surface area (Å²) in [7, 11) is 0. The lowest BCUT2D eigenvalue weighted by atomic mass is 10.1. The Kier molecular flexibility index (Phi) is 3.48. The maximum atomic E-state index is 9.50. The van der Waals surface area contributed by atoms with E-state index in [0.717, 1.165) is 12.8 Å². The number of benzene rings is 1. The summed E-state index contributed by atoms with van der Waals surface area (Å²) in [4.78, 5) is 0. The van der Waals surface area contributed by atoms with Gasteiger partial charge in [0.15, 0.2) is 11.5 Å². The molecule has 0 aliphatic rings. The van der Waals surface area contributed by atoms with Crippen LogP contribution in [0.2, 0.25) is 0 Å². The van der Waals surface area contributed by atoms with Crippen molar-refractivity contribution >= 4 is 12.6 Å². The van der Waals surface area contributed by atoms with E-state index in [-0.39, 0.29) is 16.7 Å². The molecule has 0 aromatic heterocycles. The van der Waals surface area contributed by atoms with Crippen LogP contribution in [-0.4, -0.2) is 10.2 Å². The fraction of sp³-hybridized carbons (Fsp3) is 0.400. The zero-order valence-electron chi connectivity index (χ0n) is 7.57. The molecular weight excluding hydrogens is 184 g/mol. The highest BCUT2D eigenvalue weighted by Crippen LogP contribution is 2.37. The minimum Gasteiger partial charge on any atom is -0.504 e. The van der Waals surface area contributed by atoms with Crippen LogP contribution in [0.25, 0.3) is 0 Å². The third-order valence-corrected chi connectivity index (χ3v) is 2.50. The zero-order valence-corrected chi connectivity index (χ0v) is 8.46. The van der Waals surface area contributed by atoms with Crippen LogP contribution >= 0.6 is 12.6 Å². The first kappa shape index (κ1) is 10.3. The van der Waals surface area contributed by atoms with E-state index in [0.29, 0.717) is 5.56 Å². The maximum absolute atomic E-state index is 9.50. The van der Waals surface area contributed by atoms with E-state index in [1.54, 1.807) is 12.1 Å². The summed E-state index contributed by atoms with van der Waals surface area (Å²) in [5.74, 6) is -0.122. The minimum absolute atomic E-state index is 0.00269. The van der Waals surface area contributed by atoms with E-state index in [1.807, 2.05) is 0 Å². The second-order valence-electron chi connectivity index (χ2n) is 3.02. The Morgan fingerprint density at radius 1 is 1.38 bits per heavy atom. The molecule has 3 heteroatoms. The van der Waals surface area contributed by atoms with Crippen LogP contribution in [0.3, 0.4) is 0 Å². The first-order chi connectivity index (χ1) is 6.16. The third kappa shape index (κ3) is 2.31. The largest absolute Gasteiger partial charge is 0.504 e. The number of thiol groups is 1. The van der Waals surface area contributed by atoms with Gasteiger partial charge in [0, 0.05) is 10.8 Å². The highest BCUT2D eigenvalue weighted by atomic mass is 32.1. The molecule has 0 aliphatic heterocycles. The molecule has 0 amide bonds. The fourth-order valence-corrected chi connectivity index (χ4v) is 1.71. The number of aromatic hydroxyl groups is 2. The van der Waals surface area contributed by atoms with E-state index >= 15 is 0 Å². The monoisotopic (exact) mass is 198 g/mol. The van der Waals surface area contributed by atoms with Gasteiger partial charge in [0.2, 0.25) is 0 Å². The highest BCUT2D eigenvalue weighted by molar-refractivity contribution is 7.80. The van der Waals surface area contributed by atoms with Gasteiger partial charge in [-0.05, 0) is 12.5 Å². The Labute approximate surface area is 83.6 Å². The number of phenolic OH excluding ortho intramolecular Hbond substituents is 2. The molecular formula is C10H14O2S. The zero-order chi connectivity index (χ0) is 9.84. The first-order valence-corrected chi connectivity index (χ1v) is 4.87. The van der Waals surface area contributed by atoms with Crippen LogP contribution in [0.1, 0.15) is 30.6 Å². The van der Waals surface area contributed by atoms with Crippen LogP contribution in [0.15, 0.2) is 18.2 Å². The lowest BCUT2D eigenvalue weighted by molar-refractivity contribution is 0.398. The van der Waals surface area contributed by atoms with Crippen LogP contribution < -0.4 is 0 Å². The normalized spacial score (nSPS) is 12.8. The smallest absolute Gasteiger partial charge is 0.161 e. The Balaban J connectivity index is 2.93. The molecule has 1 aromatic rings. The molecule has 2 nitrogen and oxygen atoms in total. The Hall–Kier alpha value is -0.830. The minimum atomic E-state index is -0.0762. The molecule has 0 radical (unpaired) electrons. The third-order valence-electron chi connectivity index (χ3n) is 1.97. The van der Waals surface area contributed by atoms with Gasteiger partial charge in [-0.1, -0.05) is 25.5 Å². The van der Waals surface area contributed by atoms with Crippen molar-refractivity contribution in [2.45, 2.75) is 25.0 Å². The molecule has 0 aliphatic carbocycles. The predicted octanol–water partition coefficient (Wildman–Crippen LogP) is 2.87. The molecule has 1 unspecified atom stereocenters. The van der Waals surface area contributed by atoms with Crippen molar-refractivity contribution in [3.05, 3.63) is 23.8 Å². The van der Waals surface area contributed by atoms with Crippen LogP contribution in [0.5, 0.6) is 11.5 Å². The Morgan fingerprint density at radius 2 is 2.08 bits per heavy atom. The van der Waals surface area contributed by atoms with Crippen molar-refractivity contribution in [2.24, 2.45) is 0 Å². The molecule has 72 valence electrons. The summed E-state index contributed by atoms with van der Waals surface area (Å²) in [5, 5.41) is 18.7. The molecule has 0 bridgehead atoms. The molecule has 0 fully saturated rings. The van der Waals surface area contributed by atoms with Crippen molar-refractivity contribution in [1.29, 1.82) is 0 Å². The molecule has 1 rings (SSSR count). The highest BCUT2D eigenvalue weighted by Gasteiger charge is 2.12.